The quantitative estimate of drug-likeness (QED) is 0.744. The number of halogens is 2. The molecule has 8 heteroatoms. The molecule has 0 aliphatic carbocycles. The Morgan fingerprint density at radius 1 is 1.00 bits per heavy atom. The van der Waals surface area contributed by atoms with E-state index in [9.17, 15) is 13.2 Å². The highest BCUT2D eigenvalue weighted by Crippen LogP contribution is 2.22. The maximum Gasteiger partial charge on any atom is 0.251 e. The lowest BCUT2D eigenvalue weighted by Gasteiger charge is -2.20. The summed E-state index contributed by atoms with van der Waals surface area (Å²) in [6.45, 7) is 1.26. The molecule has 1 N–H and O–H groups in total. The Morgan fingerprint density at radius 3 is 2.39 bits per heavy atom. The predicted molar refractivity (Wildman–Crippen MR) is 111 cm³/mol. The Bertz CT molecular complexity index is 956. The van der Waals surface area contributed by atoms with E-state index in [4.69, 9.17) is 23.2 Å². The Labute approximate surface area is 175 Å². The molecule has 1 heterocycles. The molecule has 0 saturated carbocycles. The first-order chi connectivity index (χ1) is 13.4. The van der Waals surface area contributed by atoms with E-state index in [0.29, 0.717) is 28.7 Å². The highest BCUT2D eigenvalue weighted by atomic mass is 35.5. The maximum absolute atomic E-state index is 12.9. The van der Waals surface area contributed by atoms with Crippen LogP contribution < -0.4 is 5.32 Å². The van der Waals surface area contributed by atoms with Crippen molar-refractivity contribution in [2.24, 2.45) is 0 Å². The molecule has 5 nitrogen and oxygen atoms in total. The van der Waals surface area contributed by atoms with E-state index >= 15 is 0 Å². The van der Waals surface area contributed by atoms with Crippen LogP contribution in [0.5, 0.6) is 0 Å². The number of hydrogen-bond donors (Lipinski definition) is 1. The third-order valence-electron chi connectivity index (χ3n) is 4.75. The fraction of sp³-hybridized carbons (Fsp3) is 0.350. The first-order valence-electron chi connectivity index (χ1n) is 9.20. The van der Waals surface area contributed by atoms with Gasteiger partial charge in [0.2, 0.25) is 10.0 Å². The number of rotatable bonds is 5. The van der Waals surface area contributed by atoms with Gasteiger partial charge in [0.25, 0.3) is 5.91 Å². The van der Waals surface area contributed by atoms with Crippen molar-refractivity contribution < 1.29 is 13.2 Å². The van der Waals surface area contributed by atoms with Crippen LogP contribution in [0.25, 0.3) is 0 Å². The van der Waals surface area contributed by atoms with E-state index in [2.05, 4.69) is 5.32 Å². The summed E-state index contributed by atoms with van der Waals surface area (Å²) in [5.41, 5.74) is 1.02. The van der Waals surface area contributed by atoms with Crippen LogP contribution in [0, 0.1) is 0 Å². The zero-order valence-electron chi connectivity index (χ0n) is 15.3. The van der Waals surface area contributed by atoms with Crippen molar-refractivity contribution in [3.8, 4) is 0 Å². The fourth-order valence-corrected chi connectivity index (χ4v) is 5.21. The summed E-state index contributed by atoms with van der Waals surface area (Å²) in [6.07, 6.45) is 3.81. The molecule has 0 bridgehead atoms. The molecule has 1 aliphatic heterocycles. The standard InChI is InChI=1S/C20H22Cl2N2O3S/c21-17-9-8-16(19(22)13-17)14-23-20(25)15-6-5-7-18(12-15)28(26,27)24-10-3-1-2-4-11-24/h5-9,12-13H,1-4,10-11,14H2,(H,23,25). The van der Waals surface area contributed by atoms with Gasteiger partial charge in [-0.15, -0.1) is 0 Å². The van der Waals surface area contributed by atoms with Crippen LogP contribution in [-0.2, 0) is 16.6 Å². The first kappa shape index (κ1) is 21.1. The molecule has 0 spiro atoms. The van der Waals surface area contributed by atoms with Gasteiger partial charge in [-0.2, -0.15) is 4.31 Å². The van der Waals surface area contributed by atoms with Crippen LogP contribution in [-0.4, -0.2) is 31.7 Å². The Morgan fingerprint density at radius 2 is 1.71 bits per heavy atom. The zero-order chi connectivity index (χ0) is 20.1. The summed E-state index contributed by atoms with van der Waals surface area (Å²) in [4.78, 5) is 12.7. The molecular formula is C20H22Cl2N2O3S. The van der Waals surface area contributed by atoms with Gasteiger partial charge in [0.1, 0.15) is 0 Å². The molecule has 1 saturated heterocycles. The van der Waals surface area contributed by atoms with Crippen molar-refractivity contribution in [1.29, 1.82) is 0 Å². The Hall–Kier alpha value is -1.60. The van der Waals surface area contributed by atoms with Crippen molar-refractivity contribution in [2.45, 2.75) is 37.1 Å². The monoisotopic (exact) mass is 440 g/mol. The molecular weight excluding hydrogens is 419 g/mol. The molecule has 2 aromatic carbocycles. The summed E-state index contributed by atoms with van der Waals surface area (Å²) in [6, 6.07) is 11.2. The smallest absolute Gasteiger partial charge is 0.251 e. The lowest BCUT2D eigenvalue weighted by molar-refractivity contribution is 0.0950. The van der Waals surface area contributed by atoms with Gasteiger partial charge >= 0.3 is 0 Å². The molecule has 0 radical (unpaired) electrons. The van der Waals surface area contributed by atoms with E-state index in [1.165, 1.54) is 16.4 Å². The van der Waals surface area contributed by atoms with Gasteiger partial charge in [0, 0.05) is 35.2 Å². The lowest BCUT2D eigenvalue weighted by Crippen LogP contribution is -2.32. The van der Waals surface area contributed by atoms with Crippen LogP contribution in [0.15, 0.2) is 47.4 Å². The van der Waals surface area contributed by atoms with Gasteiger partial charge in [0.15, 0.2) is 0 Å². The number of carbonyl (C=O) groups excluding carboxylic acids is 1. The number of amides is 1. The summed E-state index contributed by atoms with van der Waals surface area (Å²) >= 11 is 12.0. The number of nitrogens with zero attached hydrogens (tertiary/aromatic N) is 1. The number of sulfonamides is 1. The average molecular weight is 441 g/mol. The van der Waals surface area contributed by atoms with Crippen LogP contribution >= 0.6 is 23.2 Å². The van der Waals surface area contributed by atoms with Gasteiger partial charge in [-0.05, 0) is 48.7 Å². The number of hydrogen-bond acceptors (Lipinski definition) is 3. The first-order valence-corrected chi connectivity index (χ1v) is 11.4. The van der Waals surface area contributed by atoms with Crippen LogP contribution in [0.1, 0.15) is 41.6 Å². The topological polar surface area (TPSA) is 66.5 Å². The summed E-state index contributed by atoms with van der Waals surface area (Å²) in [5.74, 6) is -0.362. The zero-order valence-corrected chi connectivity index (χ0v) is 17.7. The summed E-state index contributed by atoms with van der Waals surface area (Å²) in [7, 11) is -3.60. The van der Waals surface area contributed by atoms with E-state index in [0.717, 1.165) is 31.2 Å². The largest absolute Gasteiger partial charge is 0.348 e. The van der Waals surface area contributed by atoms with E-state index in [1.54, 1.807) is 30.3 Å². The second-order valence-electron chi connectivity index (χ2n) is 6.76. The van der Waals surface area contributed by atoms with Crippen molar-refractivity contribution >= 4 is 39.1 Å². The van der Waals surface area contributed by atoms with Crippen LogP contribution in [0.4, 0.5) is 0 Å². The maximum atomic E-state index is 12.9. The molecule has 0 unspecified atom stereocenters. The molecule has 150 valence electrons. The molecule has 28 heavy (non-hydrogen) atoms. The van der Waals surface area contributed by atoms with E-state index < -0.39 is 10.0 Å². The second kappa shape index (κ2) is 9.27. The highest BCUT2D eigenvalue weighted by Gasteiger charge is 2.25. The molecule has 1 fully saturated rings. The third kappa shape index (κ3) is 5.06. The minimum Gasteiger partial charge on any atom is -0.348 e. The van der Waals surface area contributed by atoms with Crippen molar-refractivity contribution in [3.05, 3.63) is 63.6 Å². The predicted octanol–water partition coefficient (Wildman–Crippen LogP) is 4.49. The van der Waals surface area contributed by atoms with Crippen LogP contribution in [0.2, 0.25) is 10.0 Å². The van der Waals surface area contributed by atoms with Gasteiger partial charge in [-0.3, -0.25) is 4.79 Å². The van der Waals surface area contributed by atoms with Crippen molar-refractivity contribution in [3.63, 3.8) is 0 Å². The van der Waals surface area contributed by atoms with Crippen molar-refractivity contribution in [1.82, 2.24) is 9.62 Å². The second-order valence-corrected chi connectivity index (χ2v) is 9.55. The van der Waals surface area contributed by atoms with Crippen molar-refractivity contribution in [2.75, 3.05) is 13.1 Å². The van der Waals surface area contributed by atoms with Gasteiger partial charge < -0.3 is 5.32 Å². The highest BCUT2D eigenvalue weighted by molar-refractivity contribution is 7.89. The molecule has 0 atom stereocenters. The minimum atomic E-state index is -3.60. The Balaban J connectivity index is 1.73. The average Bonchev–Trinajstić information content (AvgIpc) is 2.97. The van der Waals surface area contributed by atoms with Gasteiger partial charge in [-0.1, -0.05) is 48.2 Å². The summed E-state index contributed by atoms with van der Waals surface area (Å²) < 4.78 is 27.4. The van der Waals surface area contributed by atoms with E-state index in [1.807, 2.05) is 0 Å². The van der Waals surface area contributed by atoms with Crippen LogP contribution in [0.3, 0.4) is 0 Å². The normalized spacial score (nSPS) is 15.8. The number of carbonyl (C=O) groups is 1. The van der Waals surface area contributed by atoms with Gasteiger partial charge in [-0.25, -0.2) is 8.42 Å². The molecule has 3 rings (SSSR count). The minimum absolute atomic E-state index is 0.145. The van der Waals surface area contributed by atoms with E-state index in [-0.39, 0.29) is 17.3 Å². The Kier molecular flexibility index (Phi) is 6.99. The SMILES string of the molecule is O=C(NCc1ccc(Cl)cc1Cl)c1cccc(S(=O)(=O)N2CCCCCC2)c1. The number of benzene rings is 2. The summed E-state index contributed by atoms with van der Waals surface area (Å²) in [5, 5.41) is 3.75. The molecule has 1 amide bonds. The molecule has 2 aromatic rings. The number of nitrogens with one attached hydrogen (secondary N) is 1. The molecule has 0 aromatic heterocycles. The molecule has 1 aliphatic rings. The lowest BCUT2D eigenvalue weighted by atomic mass is 10.2. The third-order valence-corrected chi connectivity index (χ3v) is 7.24. The van der Waals surface area contributed by atoms with Gasteiger partial charge in [0.05, 0.1) is 4.90 Å². The fourth-order valence-electron chi connectivity index (χ4n) is 3.17.